The third kappa shape index (κ3) is 3.36. The summed E-state index contributed by atoms with van der Waals surface area (Å²) in [4.78, 5) is 24.1. The number of rotatable bonds is 5. The smallest absolute Gasteiger partial charge is 0.331 e. The van der Waals surface area contributed by atoms with Crippen LogP contribution >= 0.6 is 0 Å². The second-order valence-electron chi connectivity index (χ2n) is 4.94. The molecular formula is C14H21NO4. The molecule has 1 heterocycles. The monoisotopic (exact) mass is 267 g/mol. The van der Waals surface area contributed by atoms with Gasteiger partial charge in [0, 0.05) is 0 Å². The van der Waals surface area contributed by atoms with Gasteiger partial charge in [-0.1, -0.05) is 13.8 Å². The SMILES string of the molecule is CCOC(=O)[C@](C)(NC(=O)c1ccc(C)o1)C(C)C. The maximum atomic E-state index is 12.1. The molecule has 0 aliphatic heterocycles. The number of ether oxygens (including phenoxy) is 1. The van der Waals surface area contributed by atoms with E-state index >= 15 is 0 Å². The van der Waals surface area contributed by atoms with Gasteiger partial charge in [-0.3, -0.25) is 4.79 Å². The maximum absolute atomic E-state index is 12.1. The highest BCUT2D eigenvalue weighted by molar-refractivity contribution is 5.96. The number of aryl methyl sites for hydroxylation is 1. The summed E-state index contributed by atoms with van der Waals surface area (Å²) in [6.45, 7) is 9.12. The first-order valence-corrected chi connectivity index (χ1v) is 6.37. The number of carbonyl (C=O) groups is 2. The zero-order valence-corrected chi connectivity index (χ0v) is 12.1. The molecular weight excluding hydrogens is 246 g/mol. The van der Waals surface area contributed by atoms with Crippen LogP contribution in [0.25, 0.3) is 0 Å². The van der Waals surface area contributed by atoms with E-state index in [0.29, 0.717) is 5.76 Å². The van der Waals surface area contributed by atoms with Crippen LogP contribution in [-0.4, -0.2) is 24.0 Å². The predicted molar refractivity (Wildman–Crippen MR) is 70.8 cm³/mol. The Labute approximate surface area is 113 Å². The van der Waals surface area contributed by atoms with Gasteiger partial charge in [0.1, 0.15) is 11.3 Å². The molecule has 106 valence electrons. The minimum absolute atomic E-state index is 0.105. The first-order chi connectivity index (χ1) is 8.81. The summed E-state index contributed by atoms with van der Waals surface area (Å²) in [6, 6.07) is 3.28. The van der Waals surface area contributed by atoms with Crippen molar-refractivity contribution in [2.45, 2.75) is 40.2 Å². The first-order valence-electron chi connectivity index (χ1n) is 6.37. The molecule has 1 aromatic heterocycles. The number of carbonyl (C=O) groups excluding carboxylic acids is 2. The summed E-state index contributed by atoms with van der Waals surface area (Å²) in [7, 11) is 0. The normalized spacial score (nSPS) is 14.0. The quantitative estimate of drug-likeness (QED) is 0.831. The molecule has 0 aliphatic carbocycles. The molecule has 1 rings (SSSR count). The highest BCUT2D eigenvalue weighted by Crippen LogP contribution is 2.20. The van der Waals surface area contributed by atoms with E-state index < -0.39 is 17.4 Å². The largest absolute Gasteiger partial charge is 0.464 e. The van der Waals surface area contributed by atoms with Gasteiger partial charge in [0.2, 0.25) is 0 Å². The maximum Gasteiger partial charge on any atom is 0.331 e. The molecule has 0 unspecified atom stereocenters. The molecule has 0 saturated carbocycles. The molecule has 1 amide bonds. The fourth-order valence-electron chi connectivity index (χ4n) is 1.57. The molecule has 0 spiro atoms. The van der Waals surface area contributed by atoms with Gasteiger partial charge in [0.15, 0.2) is 5.76 Å². The minimum atomic E-state index is -1.08. The molecule has 19 heavy (non-hydrogen) atoms. The van der Waals surface area contributed by atoms with Crippen molar-refractivity contribution < 1.29 is 18.7 Å². The predicted octanol–water partition coefficient (Wildman–Crippen LogP) is 2.30. The van der Waals surface area contributed by atoms with Crippen LogP contribution in [0.15, 0.2) is 16.5 Å². The van der Waals surface area contributed by atoms with Gasteiger partial charge >= 0.3 is 5.97 Å². The number of hydrogen-bond donors (Lipinski definition) is 1. The van der Waals surface area contributed by atoms with Gasteiger partial charge < -0.3 is 14.5 Å². The third-order valence-corrected chi connectivity index (χ3v) is 3.19. The Bertz CT molecular complexity index is 464. The Kier molecular flexibility index (Phi) is 4.75. The van der Waals surface area contributed by atoms with Crippen molar-refractivity contribution in [3.8, 4) is 0 Å². The van der Waals surface area contributed by atoms with E-state index in [1.807, 2.05) is 13.8 Å². The number of hydrogen-bond acceptors (Lipinski definition) is 4. The van der Waals surface area contributed by atoms with E-state index in [0.717, 1.165) is 0 Å². The number of furan rings is 1. The second kappa shape index (κ2) is 5.91. The van der Waals surface area contributed by atoms with E-state index in [1.165, 1.54) is 0 Å². The summed E-state index contributed by atoms with van der Waals surface area (Å²) in [5, 5.41) is 2.70. The molecule has 0 bridgehead atoms. The Morgan fingerprint density at radius 1 is 1.42 bits per heavy atom. The Morgan fingerprint density at radius 3 is 2.47 bits per heavy atom. The zero-order chi connectivity index (χ0) is 14.6. The van der Waals surface area contributed by atoms with Crippen molar-refractivity contribution in [2.75, 3.05) is 6.61 Å². The molecule has 5 heteroatoms. The Balaban J connectivity index is 2.90. The fourth-order valence-corrected chi connectivity index (χ4v) is 1.57. The average Bonchev–Trinajstić information content (AvgIpc) is 2.75. The molecule has 0 saturated heterocycles. The number of amides is 1. The van der Waals surface area contributed by atoms with Crippen LogP contribution in [0, 0.1) is 12.8 Å². The third-order valence-electron chi connectivity index (χ3n) is 3.19. The summed E-state index contributed by atoms with van der Waals surface area (Å²) in [5.74, 6) is -0.133. The molecule has 0 aromatic carbocycles. The van der Waals surface area contributed by atoms with Crippen molar-refractivity contribution >= 4 is 11.9 Å². The molecule has 1 aromatic rings. The van der Waals surface area contributed by atoms with Crippen LogP contribution in [0.2, 0.25) is 0 Å². The summed E-state index contributed by atoms with van der Waals surface area (Å²) in [6.07, 6.45) is 0. The molecule has 0 fully saturated rings. The molecule has 5 nitrogen and oxygen atoms in total. The van der Waals surface area contributed by atoms with Gasteiger partial charge in [0.05, 0.1) is 6.61 Å². The highest BCUT2D eigenvalue weighted by Gasteiger charge is 2.40. The highest BCUT2D eigenvalue weighted by atomic mass is 16.5. The van der Waals surface area contributed by atoms with E-state index in [-0.39, 0.29) is 18.3 Å². The van der Waals surface area contributed by atoms with Crippen LogP contribution in [0.1, 0.15) is 44.0 Å². The summed E-state index contributed by atoms with van der Waals surface area (Å²) >= 11 is 0. The van der Waals surface area contributed by atoms with E-state index in [2.05, 4.69) is 5.32 Å². The van der Waals surface area contributed by atoms with Crippen LogP contribution in [-0.2, 0) is 9.53 Å². The van der Waals surface area contributed by atoms with Gasteiger partial charge in [-0.05, 0) is 38.8 Å². The van der Waals surface area contributed by atoms with E-state index in [4.69, 9.17) is 9.15 Å². The first kappa shape index (κ1) is 15.3. The average molecular weight is 267 g/mol. The van der Waals surface area contributed by atoms with Crippen LogP contribution in [0.5, 0.6) is 0 Å². The topological polar surface area (TPSA) is 68.5 Å². The zero-order valence-electron chi connectivity index (χ0n) is 12.1. The number of nitrogens with one attached hydrogen (secondary N) is 1. The van der Waals surface area contributed by atoms with Crippen molar-refractivity contribution in [1.82, 2.24) is 5.32 Å². The minimum Gasteiger partial charge on any atom is -0.464 e. The second-order valence-corrected chi connectivity index (χ2v) is 4.94. The molecule has 1 atom stereocenters. The van der Waals surface area contributed by atoms with E-state index in [1.54, 1.807) is 32.9 Å². The van der Waals surface area contributed by atoms with E-state index in [9.17, 15) is 9.59 Å². The summed E-state index contributed by atoms with van der Waals surface area (Å²) < 4.78 is 10.3. The fraction of sp³-hybridized carbons (Fsp3) is 0.571. The van der Waals surface area contributed by atoms with Crippen molar-refractivity contribution in [2.24, 2.45) is 5.92 Å². The van der Waals surface area contributed by atoms with Crippen LogP contribution < -0.4 is 5.32 Å². The standard InChI is InChI=1S/C14H21NO4/c1-6-18-13(17)14(5,9(2)3)15-12(16)11-8-7-10(4)19-11/h7-9H,6H2,1-5H3,(H,15,16)/t14-/m1/s1. The van der Waals surface area contributed by atoms with Gasteiger partial charge in [-0.25, -0.2) is 4.79 Å². The summed E-state index contributed by atoms with van der Waals surface area (Å²) in [5.41, 5.74) is -1.08. The van der Waals surface area contributed by atoms with Crippen molar-refractivity contribution in [3.63, 3.8) is 0 Å². The molecule has 0 aliphatic rings. The van der Waals surface area contributed by atoms with Crippen LogP contribution in [0.3, 0.4) is 0 Å². The van der Waals surface area contributed by atoms with Crippen LogP contribution in [0.4, 0.5) is 0 Å². The lowest BCUT2D eigenvalue weighted by Gasteiger charge is -2.31. The lowest BCUT2D eigenvalue weighted by Crippen LogP contribution is -2.56. The lowest BCUT2D eigenvalue weighted by molar-refractivity contribution is -0.152. The Morgan fingerprint density at radius 2 is 2.05 bits per heavy atom. The molecule has 0 radical (unpaired) electrons. The molecule has 1 N–H and O–H groups in total. The lowest BCUT2D eigenvalue weighted by atomic mass is 9.88. The van der Waals surface area contributed by atoms with Crippen molar-refractivity contribution in [1.29, 1.82) is 0 Å². The van der Waals surface area contributed by atoms with Crippen molar-refractivity contribution in [3.05, 3.63) is 23.7 Å². The van der Waals surface area contributed by atoms with Gasteiger partial charge in [-0.15, -0.1) is 0 Å². The van der Waals surface area contributed by atoms with Gasteiger partial charge in [0.25, 0.3) is 5.91 Å². The Hall–Kier alpha value is -1.78. The number of esters is 1. The van der Waals surface area contributed by atoms with Gasteiger partial charge in [-0.2, -0.15) is 0 Å².